The van der Waals surface area contributed by atoms with Gasteiger partial charge in [0.15, 0.2) is 5.69 Å². The van der Waals surface area contributed by atoms with Gasteiger partial charge in [-0.2, -0.15) is 5.10 Å². The molecule has 158 valence electrons. The van der Waals surface area contributed by atoms with Crippen molar-refractivity contribution < 1.29 is 9.18 Å². The van der Waals surface area contributed by atoms with Crippen molar-refractivity contribution in [3.05, 3.63) is 71.2 Å². The molecular weight excluding hydrogens is 411 g/mol. The molecule has 1 amide bonds. The maximum atomic E-state index is 13.6. The number of hydrogen-bond acceptors (Lipinski definition) is 4. The second-order valence-electron chi connectivity index (χ2n) is 8.00. The minimum atomic E-state index is -0.299. The molecule has 1 saturated heterocycles. The standard InChI is InChI=1S/C24H23FN4OS/c1-28-15-19(16-9-11-17(25)12-10-16)23(27-28)24(30)29-13-5-4-6-18(29)14-22-26-20-7-2-3-8-21(20)31-22/h2-3,7-12,15,18H,4-6,13-14H2,1H3. The summed E-state index contributed by atoms with van der Waals surface area (Å²) in [5.74, 6) is -0.363. The summed E-state index contributed by atoms with van der Waals surface area (Å²) in [6.45, 7) is 0.716. The Kier molecular flexibility index (Phi) is 5.28. The fraction of sp³-hybridized carbons (Fsp3) is 0.292. The number of carbonyl (C=O) groups excluding carboxylic acids is 1. The summed E-state index contributed by atoms with van der Waals surface area (Å²) in [6, 6.07) is 14.4. The number of para-hydroxylation sites is 1. The van der Waals surface area contributed by atoms with Gasteiger partial charge in [-0.1, -0.05) is 24.3 Å². The van der Waals surface area contributed by atoms with Crippen LogP contribution in [0, 0.1) is 5.82 Å². The van der Waals surface area contributed by atoms with Crippen LogP contribution in [0.1, 0.15) is 34.8 Å². The lowest BCUT2D eigenvalue weighted by Gasteiger charge is -2.35. The molecule has 7 heteroatoms. The first kappa shape index (κ1) is 19.9. The second-order valence-corrected chi connectivity index (χ2v) is 9.11. The number of hydrogen-bond donors (Lipinski definition) is 0. The van der Waals surface area contributed by atoms with Crippen molar-refractivity contribution in [1.82, 2.24) is 19.7 Å². The number of nitrogens with zero attached hydrogens (tertiary/aromatic N) is 4. The van der Waals surface area contributed by atoms with Crippen molar-refractivity contribution >= 4 is 27.5 Å². The largest absolute Gasteiger partial charge is 0.334 e. The third kappa shape index (κ3) is 3.97. The van der Waals surface area contributed by atoms with Crippen LogP contribution in [0.15, 0.2) is 54.7 Å². The Morgan fingerprint density at radius 1 is 1.16 bits per heavy atom. The predicted octanol–water partition coefficient (Wildman–Crippen LogP) is 5.07. The Morgan fingerprint density at radius 2 is 1.97 bits per heavy atom. The molecule has 31 heavy (non-hydrogen) atoms. The first-order valence-corrected chi connectivity index (χ1v) is 11.3. The van der Waals surface area contributed by atoms with Crippen LogP contribution in [-0.4, -0.2) is 38.2 Å². The maximum Gasteiger partial charge on any atom is 0.275 e. The fourth-order valence-corrected chi connectivity index (χ4v) is 5.35. The van der Waals surface area contributed by atoms with Gasteiger partial charge in [0.2, 0.25) is 0 Å². The molecule has 1 aliphatic rings. The lowest BCUT2D eigenvalue weighted by atomic mass is 9.98. The highest BCUT2D eigenvalue weighted by molar-refractivity contribution is 7.18. The smallest absolute Gasteiger partial charge is 0.275 e. The minimum absolute atomic E-state index is 0.0641. The van der Waals surface area contributed by atoms with Gasteiger partial charge in [-0.25, -0.2) is 9.37 Å². The molecule has 0 spiro atoms. The van der Waals surface area contributed by atoms with Crippen molar-refractivity contribution in [2.75, 3.05) is 6.54 Å². The zero-order valence-electron chi connectivity index (χ0n) is 17.3. The minimum Gasteiger partial charge on any atom is -0.334 e. The SMILES string of the molecule is Cn1cc(-c2ccc(F)cc2)c(C(=O)N2CCCCC2Cc2nc3ccccc3s2)n1. The third-order valence-corrected chi connectivity index (χ3v) is 6.88. The zero-order valence-corrected chi connectivity index (χ0v) is 18.1. The lowest BCUT2D eigenvalue weighted by molar-refractivity contribution is 0.0607. The van der Waals surface area contributed by atoms with E-state index in [1.807, 2.05) is 29.3 Å². The number of rotatable bonds is 4. The van der Waals surface area contributed by atoms with E-state index in [2.05, 4.69) is 11.2 Å². The lowest BCUT2D eigenvalue weighted by Crippen LogP contribution is -2.45. The van der Waals surface area contributed by atoms with Gasteiger partial charge >= 0.3 is 0 Å². The highest BCUT2D eigenvalue weighted by atomic mass is 32.1. The molecule has 0 radical (unpaired) electrons. The maximum absolute atomic E-state index is 13.6. The molecule has 1 atom stereocenters. The van der Waals surface area contributed by atoms with Gasteiger partial charge in [-0.15, -0.1) is 11.3 Å². The first-order chi connectivity index (χ1) is 15.1. The van der Waals surface area contributed by atoms with E-state index in [1.165, 1.54) is 16.8 Å². The summed E-state index contributed by atoms with van der Waals surface area (Å²) in [4.78, 5) is 20.3. The number of aromatic nitrogens is 3. The number of aryl methyl sites for hydroxylation is 1. The van der Waals surface area contributed by atoms with E-state index in [-0.39, 0.29) is 17.8 Å². The van der Waals surface area contributed by atoms with Crippen molar-refractivity contribution in [2.24, 2.45) is 7.05 Å². The van der Waals surface area contributed by atoms with E-state index in [0.717, 1.165) is 47.3 Å². The quantitative estimate of drug-likeness (QED) is 0.450. The molecule has 5 rings (SSSR count). The second kappa shape index (κ2) is 8.23. The Bertz CT molecular complexity index is 1200. The number of carbonyl (C=O) groups is 1. The molecule has 0 saturated carbocycles. The normalized spacial score (nSPS) is 16.7. The van der Waals surface area contributed by atoms with Gasteiger partial charge in [-0.3, -0.25) is 9.48 Å². The van der Waals surface area contributed by atoms with Gasteiger partial charge in [0.05, 0.1) is 15.2 Å². The number of amides is 1. The van der Waals surface area contributed by atoms with E-state index in [0.29, 0.717) is 12.2 Å². The number of likely N-dealkylation sites (tertiary alicyclic amines) is 1. The van der Waals surface area contributed by atoms with Crippen LogP contribution in [0.5, 0.6) is 0 Å². The van der Waals surface area contributed by atoms with Crippen molar-refractivity contribution in [3.8, 4) is 11.1 Å². The van der Waals surface area contributed by atoms with Crippen LogP contribution < -0.4 is 0 Å². The Balaban J connectivity index is 1.44. The van der Waals surface area contributed by atoms with Crippen LogP contribution in [0.4, 0.5) is 4.39 Å². The van der Waals surface area contributed by atoms with Crippen molar-refractivity contribution in [1.29, 1.82) is 0 Å². The highest BCUT2D eigenvalue weighted by Crippen LogP contribution is 2.30. The number of piperidine rings is 1. The molecule has 2 aromatic carbocycles. The monoisotopic (exact) mass is 434 g/mol. The van der Waals surface area contributed by atoms with Crippen LogP contribution in [0.25, 0.3) is 21.3 Å². The van der Waals surface area contributed by atoms with E-state index in [1.54, 1.807) is 35.2 Å². The van der Waals surface area contributed by atoms with Gasteiger partial charge in [0.1, 0.15) is 5.82 Å². The van der Waals surface area contributed by atoms with Crippen molar-refractivity contribution in [2.45, 2.75) is 31.7 Å². The van der Waals surface area contributed by atoms with Gasteiger partial charge < -0.3 is 4.90 Å². The number of benzene rings is 2. The number of fused-ring (bicyclic) bond motifs is 1. The topological polar surface area (TPSA) is 51.0 Å². The summed E-state index contributed by atoms with van der Waals surface area (Å²) in [6.07, 6.45) is 5.63. The predicted molar refractivity (Wildman–Crippen MR) is 121 cm³/mol. The van der Waals surface area contributed by atoms with E-state index in [9.17, 15) is 9.18 Å². The van der Waals surface area contributed by atoms with Crippen LogP contribution in [0.2, 0.25) is 0 Å². The van der Waals surface area contributed by atoms with Gasteiger partial charge in [0.25, 0.3) is 5.91 Å². The Morgan fingerprint density at radius 3 is 2.77 bits per heavy atom. The summed E-state index contributed by atoms with van der Waals surface area (Å²) < 4.78 is 16.2. The number of thiazole rings is 1. The molecule has 4 aromatic rings. The third-order valence-electron chi connectivity index (χ3n) is 5.82. The van der Waals surface area contributed by atoms with Crippen LogP contribution in [0.3, 0.4) is 0 Å². The molecule has 0 aliphatic carbocycles. The molecule has 1 fully saturated rings. The molecule has 0 bridgehead atoms. The summed E-state index contributed by atoms with van der Waals surface area (Å²) in [5, 5.41) is 5.54. The zero-order chi connectivity index (χ0) is 21.4. The summed E-state index contributed by atoms with van der Waals surface area (Å²) in [7, 11) is 1.80. The Labute approximate surface area is 184 Å². The average Bonchev–Trinajstić information content (AvgIpc) is 3.37. The van der Waals surface area contributed by atoms with Crippen molar-refractivity contribution in [3.63, 3.8) is 0 Å². The van der Waals surface area contributed by atoms with E-state index < -0.39 is 0 Å². The van der Waals surface area contributed by atoms with Gasteiger partial charge in [-0.05, 0) is 49.1 Å². The fourth-order valence-electron chi connectivity index (χ4n) is 4.31. The first-order valence-electron chi connectivity index (χ1n) is 10.5. The average molecular weight is 435 g/mol. The Hall–Kier alpha value is -3.06. The molecule has 0 N–H and O–H groups in total. The van der Waals surface area contributed by atoms with Gasteiger partial charge in [0, 0.05) is 37.8 Å². The molecule has 3 heterocycles. The molecule has 5 nitrogen and oxygen atoms in total. The molecule has 1 aliphatic heterocycles. The molecule has 2 aromatic heterocycles. The molecule has 1 unspecified atom stereocenters. The van der Waals surface area contributed by atoms with Crippen LogP contribution in [-0.2, 0) is 13.5 Å². The summed E-state index contributed by atoms with van der Waals surface area (Å²) in [5.41, 5.74) is 2.96. The van der Waals surface area contributed by atoms with Crippen LogP contribution >= 0.6 is 11.3 Å². The van der Waals surface area contributed by atoms with E-state index in [4.69, 9.17) is 4.98 Å². The highest BCUT2D eigenvalue weighted by Gasteiger charge is 2.31. The van der Waals surface area contributed by atoms with E-state index >= 15 is 0 Å². The number of halogens is 1. The molecular formula is C24H23FN4OS. The summed E-state index contributed by atoms with van der Waals surface area (Å²) >= 11 is 1.70.